The minimum atomic E-state index is 0.0189. The molecule has 0 radical (unpaired) electrons. The van der Waals surface area contributed by atoms with E-state index in [0.29, 0.717) is 10.0 Å². The topological polar surface area (TPSA) is 12.0 Å². The second-order valence-electron chi connectivity index (χ2n) is 5.06. The van der Waals surface area contributed by atoms with Gasteiger partial charge in [-0.15, -0.1) is 0 Å². The Morgan fingerprint density at radius 3 is 2.62 bits per heavy atom. The van der Waals surface area contributed by atoms with Gasteiger partial charge in [0.05, 0.1) is 16.1 Å². The lowest BCUT2D eigenvalue weighted by molar-refractivity contribution is 0.597. The van der Waals surface area contributed by atoms with Gasteiger partial charge < -0.3 is 5.32 Å². The van der Waals surface area contributed by atoms with Gasteiger partial charge in [0.2, 0.25) is 0 Å². The van der Waals surface area contributed by atoms with Crippen LogP contribution >= 0.6 is 39.1 Å². The monoisotopic (exact) mass is 385 g/mol. The van der Waals surface area contributed by atoms with Gasteiger partial charge in [0.25, 0.3) is 0 Å². The van der Waals surface area contributed by atoms with Crippen molar-refractivity contribution in [1.29, 1.82) is 0 Å². The number of benzene rings is 2. The van der Waals surface area contributed by atoms with E-state index < -0.39 is 0 Å². The van der Waals surface area contributed by atoms with Crippen molar-refractivity contribution in [2.24, 2.45) is 0 Å². The summed E-state index contributed by atoms with van der Waals surface area (Å²) in [5.41, 5.74) is 3.39. The summed E-state index contributed by atoms with van der Waals surface area (Å²) in [6, 6.07) is 12.1. The third-order valence-corrected chi connectivity index (χ3v) is 4.91. The summed E-state index contributed by atoms with van der Waals surface area (Å²) < 4.78 is 1.07. The van der Waals surface area contributed by atoms with Gasteiger partial charge in [0, 0.05) is 4.47 Å². The first-order valence-electron chi connectivity index (χ1n) is 6.98. The zero-order valence-electron chi connectivity index (χ0n) is 12.1. The highest BCUT2D eigenvalue weighted by molar-refractivity contribution is 9.10. The molecule has 1 N–H and O–H groups in total. The molecule has 0 spiro atoms. The van der Waals surface area contributed by atoms with E-state index in [9.17, 15) is 0 Å². The van der Waals surface area contributed by atoms with E-state index in [1.54, 1.807) is 0 Å². The molecule has 0 heterocycles. The molecule has 0 amide bonds. The molecule has 1 atom stereocenters. The van der Waals surface area contributed by atoms with Crippen LogP contribution in [0, 0.1) is 6.92 Å². The third kappa shape index (κ3) is 4.01. The molecule has 0 aliphatic heterocycles. The predicted molar refractivity (Wildman–Crippen MR) is 95.5 cm³/mol. The maximum absolute atomic E-state index is 6.42. The first-order chi connectivity index (χ1) is 10.0. The van der Waals surface area contributed by atoms with Gasteiger partial charge in [-0.1, -0.05) is 75.9 Å². The molecular weight excluding hydrogens is 369 g/mol. The fourth-order valence-corrected chi connectivity index (χ4v) is 3.20. The van der Waals surface area contributed by atoms with Crippen LogP contribution in [0.4, 0.5) is 0 Å². The molecular formula is C17H18BrCl2N. The fraction of sp³-hybridized carbons (Fsp3) is 0.294. The number of hydrogen-bond donors (Lipinski definition) is 1. The standard InChI is InChI=1S/C17H18BrCl2N/c1-3-9-21-17(12-5-4-6-15(19)16(12)20)13-10-11(2)7-8-14(13)18/h4-8,10,17,21H,3,9H2,1-2H3. The van der Waals surface area contributed by atoms with E-state index in [0.717, 1.165) is 23.0 Å². The average Bonchev–Trinajstić information content (AvgIpc) is 2.47. The van der Waals surface area contributed by atoms with Gasteiger partial charge >= 0.3 is 0 Å². The Balaban J connectivity index is 2.52. The summed E-state index contributed by atoms with van der Waals surface area (Å²) in [5, 5.41) is 4.76. The molecule has 0 saturated carbocycles. The van der Waals surface area contributed by atoms with Crippen LogP contribution in [-0.2, 0) is 0 Å². The average molecular weight is 387 g/mol. The highest BCUT2D eigenvalue weighted by Crippen LogP contribution is 2.36. The van der Waals surface area contributed by atoms with Crippen LogP contribution in [0.5, 0.6) is 0 Å². The highest BCUT2D eigenvalue weighted by Gasteiger charge is 2.20. The summed E-state index contributed by atoms with van der Waals surface area (Å²) in [4.78, 5) is 0. The number of hydrogen-bond acceptors (Lipinski definition) is 1. The molecule has 0 aromatic heterocycles. The van der Waals surface area contributed by atoms with Crippen LogP contribution in [0.2, 0.25) is 10.0 Å². The molecule has 112 valence electrons. The first kappa shape index (κ1) is 16.8. The van der Waals surface area contributed by atoms with E-state index in [1.807, 2.05) is 18.2 Å². The van der Waals surface area contributed by atoms with E-state index in [2.05, 4.69) is 53.3 Å². The minimum Gasteiger partial charge on any atom is -0.306 e. The molecule has 0 aliphatic rings. The van der Waals surface area contributed by atoms with Gasteiger partial charge in [0.1, 0.15) is 0 Å². The van der Waals surface area contributed by atoms with Crippen LogP contribution < -0.4 is 5.32 Å². The van der Waals surface area contributed by atoms with Crippen molar-refractivity contribution in [3.8, 4) is 0 Å². The highest BCUT2D eigenvalue weighted by atomic mass is 79.9. The minimum absolute atomic E-state index is 0.0189. The molecule has 0 saturated heterocycles. The second-order valence-corrected chi connectivity index (χ2v) is 6.69. The van der Waals surface area contributed by atoms with Gasteiger partial charge in [0.15, 0.2) is 0 Å². The van der Waals surface area contributed by atoms with Gasteiger partial charge in [-0.05, 0) is 43.1 Å². The molecule has 0 fully saturated rings. The van der Waals surface area contributed by atoms with E-state index in [1.165, 1.54) is 11.1 Å². The van der Waals surface area contributed by atoms with Gasteiger partial charge in [-0.3, -0.25) is 0 Å². The quantitative estimate of drug-likeness (QED) is 0.649. The predicted octanol–water partition coefficient (Wildman–Crippen LogP) is 6.15. The summed E-state index contributed by atoms with van der Waals surface area (Å²) in [5.74, 6) is 0. The Bertz CT molecular complexity index is 626. The van der Waals surface area contributed by atoms with Crippen molar-refractivity contribution in [3.05, 3.63) is 67.6 Å². The Labute approximate surface area is 144 Å². The maximum Gasteiger partial charge on any atom is 0.0643 e. The summed E-state index contributed by atoms with van der Waals surface area (Å²) in [7, 11) is 0. The SMILES string of the molecule is CCCNC(c1cc(C)ccc1Br)c1cccc(Cl)c1Cl. The van der Waals surface area contributed by atoms with Crippen LogP contribution in [0.15, 0.2) is 40.9 Å². The van der Waals surface area contributed by atoms with Crippen molar-refractivity contribution in [3.63, 3.8) is 0 Å². The van der Waals surface area contributed by atoms with Gasteiger partial charge in [-0.25, -0.2) is 0 Å². The molecule has 0 bridgehead atoms. The van der Waals surface area contributed by atoms with Crippen LogP contribution in [0.1, 0.15) is 36.1 Å². The first-order valence-corrected chi connectivity index (χ1v) is 8.52. The second kappa shape index (κ2) is 7.64. The van der Waals surface area contributed by atoms with Gasteiger partial charge in [-0.2, -0.15) is 0 Å². The van der Waals surface area contributed by atoms with Crippen molar-refractivity contribution in [2.45, 2.75) is 26.3 Å². The number of halogens is 3. The molecule has 2 rings (SSSR count). The van der Waals surface area contributed by atoms with Crippen LogP contribution in [0.25, 0.3) is 0 Å². The van der Waals surface area contributed by atoms with Crippen molar-refractivity contribution >= 4 is 39.1 Å². The van der Waals surface area contributed by atoms with Crippen LogP contribution in [-0.4, -0.2) is 6.54 Å². The van der Waals surface area contributed by atoms with Crippen molar-refractivity contribution < 1.29 is 0 Å². The lowest BCUT2D eigenvalue weighted by Crippen LogP contribution is -2.24. The Hall–Kier alpha value is -0.540. The zero-order valence-corrected chi connectivity index (χ0v) is 15.2. The largest absolute Gasteiger partial charge is 0.306 e. The third-order valence-electron chi connectivity index (χ3n) is 3.35. The number of rotatable bonds is 5. The summed E-state index contributed by atoms with van der Waals surface area (Å²) in [6.45, 7) is 5.15. The molecule has 1 nitrogen and oxygen atoms in total. The molecule has 21 heavy (non-hydrogen) atoms. The number of nitrogens with one attached hydrogen (secondary N) is 1. The van der Waals surface area contributed by atoms with Crippen LogP contribution in [0.3, 0.4) is 0 Å². The lowest BCUT2D eigenvalue weighted by Gasteiger charge is -2.23. The summed E-state index contributed by atoms with van der Waals surface area (Å²) >= 11 is 16.2. The number of aryl methyl sites for hydroxylation is 1. The summed E-state index contributed by atoms with van der Waals surface area (Å²) in [6.07, 6.45) is 1.05. The molecule has 2 aromatic carbocycles. The Kier molecular flexibility index (Phi) is 6.12. The molecule has 4 heteroatoms. The maximum atomic E-state index is 6.42. The van der Waals surface area contributed by atoms with E-state index >= 15 is 0 Å². The smallest absolute Gasteiger partial charge is 0.0643 e. The van der Waals surface area contributed by atoms with Crippen molar-refractivity contribution in [1.82, 2.24) is 5.32 Å². The molecule has 2 aromatic rings. The van der Waals surface area contributed by atoms with E-state index in [4.69, 9.17) is 23.2 Å². The normalized spacial score (nSPS) is 12.4. The van der Waals surface area contributed by atoms with Crippen molar-refractivity contribution in [2.75, 3.05) is 6.54 Å². The fourth-order valence-electron chi connectivity index (χ4n) is 2.30. The lowest BCUT2D eigenvalue weighted by atomic mass is 9.97. The molecule has 0 aliphatic carbocycles. The Morgan fingerprint density at radius 1 is 1.14 bits per heavy atom. The zero-order chi connectivity index (χ0) is 15.4. The molecule has 1 unspecified atom stereocenters. The Morgan fingerprint density at radius 2 is 1.90 bits per heavy atom. The van der Waals surface area contributed by atoms with E-state index in [-0.39, 0.29) is 6.04 Å².